The molecule has 0 aromatic heterocycles. The predicted octanol–water partition coefficient (Wildman–Crippen LogP) is 1.25. The fraction of sp³-hybridized carbons (Fsp3) is 0.250. The molecule has 6 heteroatoms. The highest BCUT2D eigenvalue weighted by atomic mass is 19.1. The summed E-state index contributed by atoms with van der Waals surface area (Å²) in [6, 6.07) is 2.52. The Morgan fingerprint density at radius 3 is 2.72 bits per heavy atom. The highest BCUT2D eigenvalue weighted by Crippen LogP contribution is 2.30. The highest BCUT2D eigenvalue weighted by molar-refractivity contribution is 6.67. The zero-order valence-electron chi connectivity index (χ0n) is 9.95. The number of halogens is 1. The molecule has 1 aliphatic rings. The molecule has 2 rings (SSSR count). The molecule has 0 amide bonds. The largest absolute Gasteiger partial charge is 0.473 e. The Kier molecular flexibility index (Phi) is 2.86. The van der Waals surface area contributed by atoms with Gasteiger partial charge in [0.05, 0.1) is 5.69 Å². The van der Waals surface area contributed by atoms with Crippen LogP contribution in [0, 0.1) is 5.82 Å². The number of carboxylic acid groups (broad SMARTS) is 1. The quantitative estimate of drug-likeness (QED) is 0.793. The van der Waals surface area contributed by atoms with Crippen molar-refractivity contribution in [1.29, 1.82) is 0 Å². The number of anilines is 1. The fourth-order valence-electron chi connectivity index (χ4n) is 1.99. The Balaban J connectivity index is 2.61. The van der Waals surface area contributed by atoms with Gasteiger partial charge < -0.3 is 10.4 Å². The molecule has 1 aromatic carbocycles. The van der Waals surface area contributed by atoms with Gasteiger partial charge in [0.2, 0.25) is 5.69 Å². The average Bonchev–Trinajstić information content (AvgIpc) is 2.53. The van der Waals surface area contributed by atoms with E-state index in [9.17, 15) is 14.0 Å². The molecule has 0 aliphatic carbocycles. The van der Waals surface area contributed by atoms with Gasteiger partial charge in [0.25, 0.3) is 5.78 Å². The predicted molar refractivity (Wildman–Crippen MR) is 63.4 cm³/mol. The molecule has 94 valence electrons. The Labute approximate surface area is 103 Å². The van der Waals surface area contributed by atoms with Crippen LogP contribution in [-0.2, 0) is 4.79 Å². The van der Waals surface area contributed by atoms with Crippen molar-refractivity contribution in [2.45, 2.75) is 6.92 Å². The van der Waals surface area contributed by atoms with Gasteiger partial charge >= 0.3 is 11.7 Å². The van der Waals surface area contributed by atoms with Crippen LogP contribution in [0.3, 0.4) is 0 Å². The average molecular weight is 251 g/mol. The third-order valence-corrected chi connectivity index (χ3v) is 2.81. The van der Waals surface area contributed by atoms with Gasteiger partial charge in [-0.15, -0.1) is 0 Å². The molecule has 0 fully saturated rings. The van der Waals surface area contributed by atoms with E-state index in [4.69, 9.17) is 5.11 Å². The number of carboxylic acids is 1. The van der Waals surface area contributed by atoms with Crippen LogP contribution >= 0.6 is 0 Å². The summed E-state index contributed by atoms with van der Waals surface area (Å²) >= 11 is 0. The first-order chi connectivity index (χ1) is 8.47. The topological polar surface area (TPSA) is 69.4 Å². The SMILES string of the molecule is CCNc1cc2c(cc1F)C(=O)C(C(=O)O)=[N+]2C. The van der Waals surface area contributed by atoms with Gasteiger partial charge in [0, 0.05) is 12.6 Å². The molecule has 5 nitrogen and oxygen atoms in total. The van der Waals surface area contributed by atoms with Gasteiger partial charge in [-0.1, -0.05) is 0 Å². The van der Waals surface area contributed by atoms with Crippen molar-refractivity contribution in [3.63, 3.8) is 0 Å². The highest BCUT2D eigenvalue weighted by Gasteiger charge is 2.41. The van der Waals surface area contributed by atoms with Crippen molar-refractivity contribution in [3.8, 4) is 0 Å². The van der Waals surface area contributed by atoms with Crippen molar-refractivity contribution < 1.29 is 23.7 Å². The Morgan fingerprint density at radius 2 is 2.17 bits per heavy atom. The lowest BCUT2D eigenvalue weighted by atomic mass is 10.1. The molecule has 1 aromatic rings. The van der Waals surface area contributed by atoms with Crippen molar-refractivity contribution in [3.05, 3.63) is 23.5 Å². The molecule has 0 radical (unpaired) electrons. The van der Waals surface area contributed by atoms with Gasteiger partial charge in [0.1, 0.15) is 18.4 Å². The summed E-state index contributed by atoms with van der Waals surface area (Å²) in [6.07, 6.45) is 0. The maximum Gasteiger partial charge on any atom is 0.405 e. The van der Waals surface area contributed by atoms with Crippen LogP contribution in [-0.4, -0.2) is 40.7 Å². The number of Topliss-reactive ketones (excluding diaryl/α,β-unsaturated/α-hetero) is 1. The molecule has 0 bridgehead atoms. The number of hydrogen-bond donors (Lipinski definition) is 2. The second kappa shape index (κ2) is 4.21. The fourth-order valence-corrected chi connectivity index (χ4v) is 1.99. The molecule has 0 saturated heterocycles. The van der Waals surface area contributed by atoms with Gasteiger partial charge in [-0.25, -0.2) is 9.18 Å². The van der Waals surface area contributed by atoms with Crippen molar-refractivity contribution >= 4 is 28.8 Å². The van der Waals surface area contributed by atoms with Gasteiger partial charge in [-0.05, 0) is 13.0 Å². The molecule has 0 unspecified atom stereocenters. The third-order valence-electron chi connectivity index (χ3n) is 2.81. The van der Waals surface area contributed by atoms with Crippen molar-refractivity contribution in [2.75, 3.05) is 18.9 Å². The summed E-state index contributed by atoms with van der Waals surface area (Å²) in [5, 5.41) is 11.8. The minimum absolute atomic E-state index is 0.0778. The van der Waals surface area contributed by atoms with E-state index in [1.165, 1.54) is 17.7 Å². The van der Waals surface area contributed by atoms with E-state index in [2.05, 4.69) is 5.32 Å². The second-order valence-corrected chi connectivity index (χ2v) is 3.92. The summed E-state index contributed by atoms with van der Waals surface area (Å²) in [5.41, 5.74) is 0.365. The van der Waals surface area contributed by atoms with E-state index >= 15 is 0 Å². The molecule has 0 atom stereocenters. The van der Waals surface area contributed by atoms with E-state index in [-0.39, 0.29) is 17.0 Å². The zero-order chi connectivity index (χ0) is 13.4. The molecule has 0 saturated carbocycles. The normalized spacial score (nSPS) is 13.8. The van der Waals surface area contributed by atoms with E-state index in [0.29, 0.717) is 12.2 Å². The first-order valence-corrected chi connectivity index (χ1v) is 5.43. The Bertz CT molecular complexity index is 593. The number of fused-ring (bicyclic) bond motifs is 1. The lowest BCUT2D eigenvalue weighted by molar-refractivity contribution is -0.400. The number of ketones is 1. The molecule has 0 spiro atoms. The number of carbonyl (C=O) groups excluding carboxylic acids is 1. The maximum atomic E-state index is 13.7. The lowest BCUT2D eigenvalue weighted by Gasteiger charge is -2.05. The first kappa shape index (κ1) is 12.2. The van der Waals surface area contributed by atoms with E-state index < -0.39 is 17.6 Å². The second-order valence-electron chi connectivity index (χ2n) is 3.92. The molecule has 1 aliphatic heterocycles. The standard InChI is InChI=1S/C12H11FN2O3/c1-3-14-8-5-9-6(4-7(8)13)11(16)10(12(17)18)15(9)2/h4-5H,3H2,1-2H3,(H-,14,16,17,18)/p+1. The number of carbonyl (C=O) groups is 2. The number of rotatable bonds is 3. The van der Waals surface area contributed by atoms with Crippen molar-refractivity contribution in [1.82, 2.24) is 0 Å². The summed E-state index contributed by atoms with van der Waals surface area (Å²) in [6.45, 7) is 2.35. The molecular weight excluding hydrogens is 239 g/mol. The van der Waals surface area contributed by atoms with Crippen LogP contribution in [0.15, 0.2) is 12.1 Å². The van der Waals surface area contributed by atoms with Crippen LogP contribution in [0.25, 0.3) is 0 Å². The zero-order valence-corrected chi connectivity index (χ0v) is 9.95. The van der Waals surface area contributed by atoms with Crippen LogP contribution in [0.2, 0.25) is 0 Å². The number of aliphatic carboxylic acids is 1. The molecule has 1 heterocycles. The minimum Gasteiger partial charge on any atom is -0.473 e. The molecule has 2 N–H and O–H groups in total. The number of nitrogens with zero attached hydrogens (tertiary/aromatic N) is 1. The monoisotopic (exact) mass is 251 g/mol. The summed E-state index contributed by atoms with van der Waals surface area (Å²) < 4.78 is 14.9. The third kappa shape index (κ3) is 1.66. The Hall–Kier alpha value is -2.24. The molecule has 18 heavy (non-hydrogen) atoms. The first-order valence-electron chi connectivity index (χ1n) is 5.43. The van der Waals surface area contributed by atoms with Crippen LogP contribution < -0.4 is 5.32 Å². The van der Waals surface area contributed by atoms with Crippen LogP contribution in [0.1, 0.15) is 17.3 Å². The van der Waals surface area contributed by atoms with Crippen molar-refractivity contribution in [2.24, 2.45) is 0 Å². The van der Waals surface area contributed by atoms with Crippen LogP contribution in [0.4, 0.5) is 15.8 Å². The summed E-state index contributed by atoms with van der Waals surface area (Å²) in [5.74, 6) is -2.55. The smallest absolute Gasteiger partial charge is 0.405 e. The number of nitrogens with one attached hydrogen (secondary N) is 1. The van der Waals surface area contributed by atoms with E-state index in [1.54, 1.807) is 0 Å². The summed E-state index contributed by atoms with van der Waals surface area (Å²) in [7, 11) is 1.47. The summed E-state index contributed by atoms with van der Waals surface area (Å²) in [4.78, 5) is 22.8. The van der Waals surface area contributed by atoms with Gasteiger partial charge in [0.15, 0.2) is 0 Å². The van der Waals surface area contributed by atoms with Gasteiger partial charge in [-0.3, -0.25) is 4.79 Å². The maximum absolute atomic E-state index is 13.7. The van der Waals surface area contributed by atoms with E-state index in [0.717, 1.165) is 6.07 Å². The van der Waals surface area contributed by atoms with E-state index in [1.807, 2.05) is 6.92 Å². The molecular formula is C12H12FN2O3+. The number of hydrogen-bond acceptors (Lipinski definition) is 3. The Morgan fingerprint density at radius 1 is 1.50 bits per heavy atom. The van der Waals surface area contributed by atoms with Gasteiger partial charge in [-0.2, -0.15) is 4.58 Å². The van der Waals surface area contributed by atoms with Crippen LogP contribution in [0.5, 0.6) is 0 Å². The number of benzene rings is 1. The minimum atomic E-state index is -1.32. The lowest BCUT2D eigenvalue weighted by Crippen LogP contribution is -2.25.